The Morgan fingerprint density at radius 2 is 1.83 bits per heavy atom. The van der Waals surface area contributed by atoms with Crippen molar-refractivity contribution < 1.29 is 13.6 Å². The van der Waals surface area contributed by atoms with Crippen molar-refractivity contribution in [1.29, 1.82) is 0 Å². The average Bonchev–Trinajstić information content (AvgIpc) is 3.06. The second-order valence-electron chi connectivity index (χ2n) is 4.50. The number of benzene rings is 2. The molecular formula is C14H8ClF2N5O. The van der Waals surface area contributed by atoms with Gasteiger partial charge in [0.05, 0.1) is 16.3 Å². The molecule has 0 bridgehead atoms. The highest BCUT2D eigenvalue weighted by Crippen LogP contribution is 2.21. The molecule has 0 atom stereocenters. The summed E-state index contributed by atoms with van der Waals surface area (Å²) in [6.45, 7) is 0. The molecule has 0 saturated heterocycles. The minimum atomic E-state index is -1.14. The molecular weight excluding hydrogens is 328 g/mol. The lowest BCUT2D eigenvalue weighted by Crippen LogP contribution is -2.13. The van der Waals surface area contributed by atoms with E-state index in [4.69, 9.17) is 11.6 Å². The number of nitrogens with one attached hydrogen (secondary N) is 1. The number of nitrogens with zero attached hydrogens (tertiary/aromatic N) is 4. The molecule has 1 N–H and O–H groups in total. The van der Waals surface area contributed by atoms with E-state index in [1.54, 1.807) is 24.3 Å². The lowest BCUT2D eigenvalue weighted by atomic mass is 10.2. The monoisotopic (exact) mass is 335 g/mol. The van der Waals surface area contributed by atoms with E-state index >= 15 is 0 Å². The number of carbonyl (C=O) groups excluding carboxylic acids is 1. The van der Waals surface area contributed by atoms with Gasteiger partial charge in [0.1, 0.15) is 6.33 Å². The van der Waals surface area contributed by atoms with Crippen LogP contribution in [-0.2, 0) is 0 Å². The number of rotatable bonds is 3. The summed E-state index contributed by atoms with van der Waals surface area (Å²) in [4.78, 5) is 12.1. The zero-order chi connectivity index (χ0) is 16.4. The molecule has 23 heavy (non-hydrogen) atoms. The summed E-state index contributed by atoms with van der Waals surface area (Å²) in [6, 6.07) is 8.10. The zero-order valence-corrected chi connectivity index (χ0v) is 12.1. The third-order valence-corrected chi connectivity index (χ3v) is 3.31. The number of tetrazole rings is 1. The molecule has 3 aromatic rings. The van der Waals surface area contributed by atoms with Crippen molar-refractivity contribution in [3.63, 3.8) is 0 Å². The summed E-state index contributed by atoms with van der Waals surface area (Å²) in [7, 11) is 0. The van der Waals surface area contributed by atoms with Gasteiger partial charge in [-0.25, -0.2) is 13.5 Å². The Morgan fingerprint density at radius 3 is 2.48 bits per heavy atom. The SMILES string of the molecule is O=C(Nc1ccc(-n2cnnn2)cc1)c1cc(F)c(F)cc1Cl. The lowest BCUT2D eigenvalue weighted by molar-refractivity contribution is 0.102. The Balaban J connectivity index is 1.79. The van der Waals surface area contributed by atoms with E-state index in [0.29, 0.717) is 11.4 Å². The number of carbonyl (C=O) groups is 1. The summed E-state index contributed by atoms with van der Waals surface area (Å²) in [6.07, 6.45) is 1.43. The van der Waals surface area contributed by atoms with Crippen LogP contribution in [-0.4, -0.2) is 26.1 Å². The molecule has 0 aliphatic rings. The Kier molecular flexibility index (Phi) is 3.98. The number of anilines is 1. The zero-order valence-electron chi connectivity index (χ0n) is 11.4. The van der Waals surface area contributed by atoms with E-state index in [1.165, 1.54) is 11.0 Å². The van der Waals surface area contributed by atoms with Gasteiger partial charge in [-0.2, -0.15) is 0 Å². The maximum atomic E-state index is 13.2. The summed E-state index contributed by atoms with van der Waals surface area (Å²) in [5, 5.41) is 13.1. The third kappa shape index (κ3) is 3.16. The summed E-state index contributed by atoms with van der Waals surface area (Å²) >= 11 is 5.76. The van der Waals surface area contributed by atoms with E-state index < -0.39 is 17.5 Å². The van der Waals surface area contributed by atoms with Crippen LogP contribution in [0.1, 0.15) is 10.4 Å². The molecule has 116 valence electrons. The van der Waals surface area contributed by atoms with Crippen molar-refractivity contribution in [2.45, 2.75) is 0 Å². The lowest BCUT2D eigenvalue weighted by Gasteiger charge is -2.08. The highest BCUT2D eigenvalue weighted by molar-refractivity contribution is 6.34. The van der Waals surface area contributed by atoms with Gasteiger partial charge in [-0.15, -0.1) is 5.10 Å². The van der Waals surface area contributed by atoms with Crippen molar-refractivity contribution in [1.82, 2.24) is 20.2 Å². The smallest absolute Gasteiger partial charge is 0.257 e. The minimum absolute atomic E-state index is 0.157. The van der Waals surface area contributed by atoms with Crippen molar-refractivity contribution in [2.24, 2.45) is 0 Å². The normalized spacial score (nSPS) is 10.6. The van der Waals surface area contributed by atoms with Crippen LogP contribution in [0.25, 0.3) is 5.69 Å². The van der Waals surface area contributed by atoms with Crippen LogP contribution in [0.2, 0.25) is 5.02 Å². The Morgan fingerprint density at radius 1 is 1.13 bits per heavy atom. The molecule has 0 radical (unpaired) electrons. The molecule has 0 saturated carbocycles. The molecule has 0 aliphatic heterocycles. The number of hydrogen-bond donors (Lipinski definition) is 1. The fourth-order valence-electron chi connectivity index (χ4n) is 1.87. The second-order valence-corrected chi connectivity index (χ2v) is 4.91. The molecule has 0 aliphatic carbocycles. The van der Waals surface area contributed by atoms with Gasteiger partial charge in [-0.3, -0.25) is 4.79 Å². The first kappa shape index (κ1) is 15.0. The number of halogens is 3. The maximum Gasteiger partial charge on any atom is 0.257 e. The van der Waals surface area contributed by atoms with E-state index in [1.807, 2.05) is 0 Å². The average molecular weight is 336 g/mol. The van der Waals surface area contributed by atoms with Crippen LogP contribution < -0.4 is 5.32 Å². The number of aromatic nitrogens is 4. The van der Waals surface area contributed by atoms with E-state index in [2.05, 4.69) is 20.8 Å². The highest BCUT2D eigenvalue weighted by Gasteiger charge is 2.15. The van der Waals surface area contributed by atoms with Crippen molar-refractivity contribution >= 4 is 23.2 Å². The Bertz CT molecular complexity index is 852. The molecule has 1 amide bonds. The van der Waals surface area contributed by atoms with Crippen LogP contribution in [0.4, 0.5) is 14.5 Å². The number of hydrogen-bond acceptors (Lipinski definition) is 4. The molecule has 1 aromatic heterocycles. The fourth-order valence-corrected chi connectivity index (χ4v) is 2.11. The van der Waals surface area contributed by atoms with Crippen LogP contribution in [0.5, 0.6) is 0 Å². The predicted octanol–water partition coefficient (Wildman–Crippen LogP) is 2.85. The van der Waals surface area contributed by atoms with Crippen LogP contribution >= 0.6 is 11.6 Å². The molecule has 6 nitrogen and oxygen atoms in total. The third-order valence-electron chi connectivity index (χ3n) is 2.99. The molecule has 2 aromatic carbocycles. The summed E-state index contributed by atoms with van der Waals surface area (Å²) in [5.74, 6) is -2.91. The quantitative estimate of drug-likeness (QED) is 0.747. The van der Waals surface area contributed by atoms with E-state index in [9.17, 15) is 13.6 Å². The van der Waals surface area contributed by atoms with Crippen molar-refractivity contribution in [3.8, 4) is 5.69 Å². The summed E-state index contributed by atoms with van der Waals surface area (Å²) < 4.78 is 27.7. The van der Waals surface area contributed by atoms with Crippen molar-refractivity contribution in [3.05, 3.63) is 64.9 Å². The molecule has 1 heterocycles. The standard InChI is InChI=1S/C14H8ClF2N5O/c15-11-6-13(17)12(16)5-10(11)14(23)19-8-1-3-9(4-2-8)22-7-18-20-21-22/h1-7H,(H,19,23). The van der Waals surface area contributed by atoms with Gasteiger partial charge in [-0.1, -0.05) is 11.6 Å². The van der Waals surface area contributed by atoms with Crippen molar-refractivity contribution in [2.75, 3.05) is 5.32 Å². The van der Waals surface area contributed by atoms with E-state index in [-0.39, 0.29) is 10.6 Å². The fraction of sp³-hybridized carbons (Fsp3) is 0. The topological polar surface area (TPSA) is 72.7 Å². The first-order valence-electron chi connectivity index (χ1n) is 6.34. The summed E-state index contributed by atoms with van der Waals surface area (Å²) in [5.41, 5.74) is 0.988. The van der Waals surface area contributed by atoms with Crippen LogP contribution in [0.3, 0.4) is 0 Å². The minimum Gasteiger partial charge on any atom is -0.322 e. The molecule has 3 rings (SSSR count). The highest BCUT2D eigenvalue weighted by atomic mass is 35.5. The Labute approximate surface area is 133 Å². The molecule has 9 heteroatoms. The van der Waals surface area contributed by atoms with Gasteiger partial charge < -0.3 is 5.32 Å². The maximum absolute atomic E-state index is 13.2. The largest absolute Gasteiger partial charge is 0.322 e. The second kappa shape index (κ2) is 6.09. The van der Waals surface area contributed by atoms with Crippen LogP contribution in [0, 0.1) is 11.6 Å². The van der Waals surface area contributed by atoms with Gasteiger partial charge in [0, 0.05) is 5.69 Å². The number of amides is 1. The molecule has 0 spiro atoms. The van der Waals surface area contributed by atoms with Crippen LogP contribution in [0.15, 0.2) is 42.7 Å². The van der Waals surface area contributed by atoms with Gasteiger partial charge >= 0.3 is 0 Å². The molecule has 0 unspecified atom stereocenters. The Hall–Kier alpha value is -2.87. The van der Waals surface area contributed by atoms with Gasteiger partial charge in [0.15, 0.2) is 11.6 Å². The van der Waals surface area contributed by atoms with Gasteiger partial charge in [0.2, 0.25) is 0 Å². The van der Waals surface area contributed by atoms with Gasteiger partial charge in [-0.05, 0) is 46.8 Å². The van der Waals surface area contributed by atoms with E-state index in [0.717, 1.165) is 12.1 Å². The van der Waals surface area contributed by atoms with Gasteiger partial charge in [0.25, 0.3) is 5.91 Å². The predicted molar refractivity (Wildman–Crippen MR) is 78.5 cm³/mol. The first-order chi connectivity index (χ1) is 11.0. The first-order valence-corrected chi connectivity index (χ1v) is 6.72. The molecule has 0 fully saturated rings.